The van der Waals surface area contributed by atoms with Crippen molar-refractivity contribution in [2.24, 2.45) is 5.92 Å². The van der Waals surface area contributed by atoms with E-state index in [4.69, 9.17) is 21.4 Å². The van der Waals surface area contributed by atoms with Crippen LogP contribution in [0.2, 0.25) is 5.02 Å². The Kier molecular flexibility index (Phi) is 4.39. The third-order valence-corrected chi connectivity index (χ3v) is 3.56. The molecule has 0 aromatic heterocycles. The highest BCUT2D eigenvalue weighted by molar-refractivity contribution is 6.30. The average Bonchev–Trinajstić information content (AvgIpc) is 2.83. The Morgan fingerprint density at radius 2 is 2.37 bits per heavy atom. The van der Waals surface area contributed by atoms with Crippen LogP contribution in [0.25, 0.3) is 0 Å². The molecule has 19 heavy (non-hydrogen) atoms. The van der Waals surface area contributed by atoms with E-state index >= 15 is 0 Å². The molecule has 1 aromatic carbocycles. The van der Waals surface area contributed by atoms with E-state index in [2.05, 4.69) is 5.32 Å². The second kappa shape index (κ2) is 5.86. The van der Waals surface area contributed by atoms with Crippen molar-refractivity contribution in [2.45, 2.75) is 19.1 Å². The van der Waals surface area contributed by atoms with Crippen LogP contribution in [-0.4, -0.2) is 24.7 Å². The van der Waals surface area contributed by atoms with Gasteiger partial charge in [0.1, 0.15) is 5.82 Å². The lowest BCUT2D eigenvalue weighted by Crippen LogP contribution is -2.18. The second-order valence-corrected chi connectivity index (χ2v) is 5.05. The highest BCUT2D eigenvalue weighted by atomic mass is 35.5. The van der Waals surface area contributed by atoms with Gasteiger partial charge in [0.25, 0.3) is 0 Å². The van der Waals surface area contributed by atoms with Crippen LogP contribution in [0.15, 0.2) is 12.1 Å². The maximum Gasteiger partial charge on any atom is 0.307 e. The average molecular weight is 288 g/mol. The zero-order valence-electron chi connectivity index (χ0n) is 10.5. The first-order valence-electron chi connectivity index (χ1n) is 5.96. The summed E-state index contributed by atoms with van der Waals surface area (Å²) in [6.07, 6.45) is 0.360. The Hall–Kier alpha value is -1.17. The normalized spacial score (nSPS) is 22.7. The summed E-state index contributed by atoms with van der Waals surface area (Å²) in [5.74, 6) is -1.85. The molecule has 2 N–H and O–H groups in total. The molecule has 104 valence electrons. The van der Waals surface area contributed by atoms with Crippen molar-refractivity contribution >= 4 is 17.6 Å². The Bertz CT molecular complexity index is 495. The smallest absolute Gasteiger partial charge is 0.307 e. The first-order valence-corrected chi connectivity index (χ1v) is 6.33. The van der Waals surface area contributed by atoms with Gasteiger partial charge in [0.05, 0.1) is 17.5 Å². The van der Waals surface area contributed by atoms with E-state index in [1.165, 1.54) is 6.07 Å². The monoisotopic (exact) mass is 287 g/mol. The van der Waals surface area contributed by atoms with Crippen molar-refractivity contribution in [3.63, 3.8) is 0 Å². The van der Waals surface area contributed by atoms with Crippen LogP contribution in [0.5, 0.6) is 0 Å². The summed E-state index contributed by atoms with van der Waals surface area (Å²) in [4.78, 5) is 10.9. The summed E-state index contributed by atoms with van der Waals surface area (Å²) < 4.78 is 19.0. The van der Waals surface area contributed by atoms with Crippen LogP contribution in [0.1, 0.15) is 23.6 Å². The SMILES string of the molecule is COCc1cc(Cl)c(F)c(C2CC(C(=O)O)CN2)c1. The summed E-state index contributed by atoms with van der Waals surface area (Å²) >= 11 is 5.86. The third kappa shape index (κ3) is 3.05. The molecule has 1 aromatic rings. The number of rotatable bonds is 4. The van der Waals surface area contributed by atoms with Gasteiger partial charge in [-0.25, -0.2) is 4.39 Å². The molecule has 0 spiro atoms. The van der Waals surface area contributed by atoms with Crippen molar-refractivity contribution in [1.82, 2.24) is 5.32 Å². The molecule has 1 aliphatic rings. The lowest BCUT2D eigenvalue weighted by atomic mass is 9.98. The highest BCUT2D eigenvalue weighted by Crippen LogP contribution is 2.32. The van der Waals surface area contributed by atoms with Gasteiger partial charge in [-0.05, 0) is 24.1 Å². The van der Waals surface area contributed by atoms with Gasteiger partial charge >= 0.3 is 5.97 Å². The number of hydrogen-bond donors (Lipinski definition) is 2. The molecule has 1 saturated heterocycles. The predicted molar refractivity (Wildman–Crippen MR) is 68.6 cm³/mol. The van der Waals surface area contributed by atoms with Crippen LogP contribution in [-0.2, 0) is 16.1 Å². The number of carboxylic acid groups (broad SMARTS) is 1. The Morgan fingerprint density at radius 1 is 1.63 bits per heavy atom. The minimum absolute atomic E-state index is 0.0325. The van der Waals surface area contributed by atoms with Gasteiger partial charge in [0.15, 0.2) is 0 Å². The summed E-state index contributed by atoms with van der Waals surface area (Å²) in [5, 5.41) is 12.0. The Labute approximate surface area is 115 Å². The van der Waals surface area contributed by atoms with Crippen LogP contribution in [0, 0.1) is 11.7 Å². The molecule has 2 rings (SSSR count). The number of carboxylic acids is 1. The zero-order chi connectivity index (χ0) is 14.0. The van der Waals surface area contributed by atoms with Gasteiger partial charge in [-0.15, -0.1) is 0 Å². The van der Waals surface area contributed by atoms with Crippen molar-refractivity contribution in [3.8, 4) is 0 Å². The van der Waals surface area contributed by atoms with Gasteiger partial charge in [-0.3, -0.25) is 4.79 Å². The van der Waals surface area contributed by atoms with Crippen molar-refractivity contribution in [2.75, 3.05) is 13.7 Å². The number of halogens is 2. The molecule has 0 bridgehead atoms. The number of carbonyl (C=O) groups is 1. The molecular weight excluding hydrogens is 273 g/mol. The number of ether oxygens (including phenoxy) is 1. The molecule has 1 fully saturated rings. The van der Waals surface area contributed by atoms with E-state index in [9.17, 15) is 9.18 Å². The van der Waals surface area contributed by atoms with Crippen LogP contribution < -0.4 is 5.32 Å². The lowest BCUT2D eigenvalue weighted by molar-refractivity contribution is -0.141. The molecular formula is C13H15ClFNO3. The fourth-order valence-corrected chi connectivity index (χ4v) is 2.58. The van der Waals surface area contributed by atoms with E-state index in [-0.39, 0.29) is 11.1 Å². The first kappa shape index (κ1) is 14.2. The number of nitrogens with one attached hydrogen (secondary N) is 1. The van der Waals surface area contributed by atoms with E-state index in [1.807, 2.05) is 0 Å². The van der Waals surface area contributed by atoms with Gasteiger partial charge in [-0.2, -0.15) is 0 Å². The van der Waals surface area contributed by atoms with E-state index in [1.54, 1.807) is 13.2 Å². The second-order valence-electron chi connectivity index (χ2n) is 4.65. The lowest BCUT2D eigenvalue weighted by Gasteiger charge is -2.14. The minimum atomic E-state index is -0.866. The van der Waals surface area contributed by atoms with Crippen molar-refractivity contribution in [3.05, 3.63) is 34.1 Å². The van der Waals surface area contributed by atoms with Crippen LogP contribution in [0.3, 0.4) is 0 Å². The standard InChI is InChI=1S/C13H15ClFNO3/c1-19-6-7-2-9(12(15)10(14)3-7)11-4-8(5-16-11)13(17)18/h2-3,8,11,16H,4-6H2,1H3,(H,17,18). The molecule has 0 aliphatic carbocycles. The van der Waals surface area contributed by atoms with Gasteiger partial charge in [0, 0.05) is 25.3 Å². The number of methoxy groups -OCH3 is 1. The zero-order valence-corrected chi connectivity index (χ0v) is 11.2. The fourth-order valence-electron chi connectivity index (χ4n) is 2.33. The number of hydrogen-bond acceptors (Lipinski definition) is 3. The van der Waals surface area contributed by atoms with Gasteiger partial charge in [0.2, 0.25) is 0 Å². The molecule has 2 atom stereocenters. The summed E-state index contributed by atoms with van der Waals surface area (Å²) in [5.41, 5.74) is 1.17. The van der Waals surface area contributed by atoms with E-state index in [0.717, 1.165) is 5.56 Å². The number of benzene rings is 1. The first-order chi connectivity index (χ1) is 9.02. The molecule has 2 unspecified atom stereocenters. The fraction of sp³-hybridized carbons (Fsp3) is 0.462. The topological polar surface area (TPSA) is 58.6 Å². The minimum Gasteiger partial charge on any atom is -0.481 e. The van der Waals surface area contributed by atoms with Crippen LogP contribution >= 0.6 is 11.6 Å². The summed E-state index contributed by atoms with van der Waals surface area (Å²) in [6, 6.07) is 2.87. The van der Waals surface area contributed by atoms with Gasteiger partial charge in [-0.1, -0.05) is 11.6 Å². The maximum atomic E-state index is 14.0. The molecule has 6 heteroatoms. The molecule has 0 radical (unpaired) electrons. The summed E-state index contributed by atoms with van der Waals surface area (Å²) in [7, 11) is 1.55. The quantitative estimate of drug-likeness (QED) is 0.892. The van der Waals surface area contributed by atoms with Gasteiger partial charge < -0.3 is 15.2 Å². The number of aliphatic carboxylic acids is 1. The van der Waals surface area contributed by atoms with Crippen LogP contribution in [0.4, 0.5) is 4.39 Å². The van der Waals surface area contributed by atoms with E-state index in [0.29, 0.717) is 25.1 Å². The molecule has 1 heterocycles. The Morgan fingerprint density at radius 3 is 2.95 bits per heavy atom. The van der Waals surface area contributed by atoms with E-state index < -0.39 is 17.7 Å². The third-order valence-electron chi connectivity index (χ3n) is 3.28. The highest BCUT2D eigenvalue weighted by Gasteiger charge is 2.32. The molecule has 4 nitrogen and oxygen atoms in total. The molecule has 1 aliphatic heterocycles. The molecule has 0 saturated carbocycles. The Balaban J connectivity index is 2.26. The van der Waals surface area contributed by atoms with Crippen molar-refractivity contribution < 1.29 is 19.0 Å². The maximum absolute atomic E-state index is 14.0. The van der Waals surface area contributed by atoms with Crippen molar-refractivity contribution in [1.29, 1.82) is 0 Å². The predicted octanol–water partition coefficient (Wildman–Crippen LogP) is 2.36. The molecule has 0 amide bonds. The largest absolute Gasteiger partial charge is 0.481 e. The summed E-state index contributed by atoms with van der Waals surface area (Å²) in [6.45, 7) is 0.674.